The Balaban J connectivity index is 1.76. The molecule has 3 rings (SSSR count). The third-order valence-electron chi connectivity index (χ3n) is 3.96. The molecule has 0 fully saturated rings. The van der Waals surface area contributed by atoms with Crippen LogP contribution in [-0.4, -0.2) is 5.97 Å². The van der Waals surface area contributed by atoms with Crippen molar-refractivity contribution in [2.45, 2.75) is 22.6 Å². The molecule has 29 heavy (non-hydrogen) atoms. The van der Waals surface area contributed by atoms with E-state index < -0.39 is 17.7 Å². The van der Waals surface area contributed by atoms with E-state index in [9.17, 15) is 23.2 Å². The maximum absolute atomic E-state index is 12.8. The van der Waals surface area contributed by atoms with Crippen LogP contribution in [0.1, 0.15) is 27.0 Å². The number of nitrogens with zero attached hydrogens (tertiary/aromatic N) is 1. The third-order valence-corrected chi connectivity index (χ3v) is 5.11. The first kappa shape index (κ1) is 20.5. The molecule has 0 aromatic heterocycles. The van der Waals surface area contributed by atoms with Gasteiger partial charge in [-0.25, -0.2) is 4.79 Å². The molecule has 146 valence electrons. The van der Waals surface area contributed by atoms with Gasteiger partial charge in [-0.15, -0.1) is 0 Å². The van der Waals surface area contributed by atoms with E-state index >= 15 is 0 Å². The van der Waals surface area contributed by atoms with E-state index in [4.69, 9.17) is 4.74 Å². The van der Waals surface area contributed by atoms with Gasteiger partial charge in [0, 0.05) is 9.79 Å². The van der Waals surface area contributed by atoms with Crippen molar-refractivity contribution in [3.63, 3.8) is 0 Å². The second-order valence-electron chi connectivity index (χ2n) is 5.98. The molecule has 0 radical (unpaired) electrons. The Kier molecular flexibility index (Phi) is 6.25. The number of hydrogen-bond donors (Lipinski definition) is 0. The van der Waals surface area contributed by atoms with Gasteiger partial charge < -0.3 is 4.74 Å². The minimum atomic E-state index is -4.46. The van der Waals surface area contributed by atoms with E-state index in [0.717, 1.165) is 12.1 Å². The van der Waals surface area contributed by atoms with Crippen molar-refractivity contribution in [3.8, 4) is 6.07 Å². The molecule has 0 saturated heterocycles. The molecule has 3 aromatic rings. The first-order valence-corrected chi connectivity index (χ1v) is 9.29. The summed E-state index contributed by atoms with van der Waals surface area (Å²) in [7, 11) is 0. The van der Waals surface area contributed by atoms with Crippen LogP contribution < -0.4 is 0 Å². The average molecular weight is 413 g/mol. The summed E-state index contributed by atoms with van der Waals surface area (Å²) in [6.45, 7) is -0.281. The van der Waals surface area contributed by atoms with Crippen LogP contribution in [0.25, 0.3) is 0 Å². The Bertz CT molecular complexity index is 1070. The molecular formula is C22H14F3NO2S. The van der Waals surface area contributed by atoms with E-state index in [1.165, 1.54) is 23.9 Å². The Hall–Kier alpha value is -3.24. The van der Waals surface area contributed by atoms with Gasteiger partial charge in [0.1, 0.15) is 12.7 Å². The molecule has 0 amide bonds. The third kappa shape index (κ3) is 5.18. The van der Waals surface area contributed by atoms with Crippen LogP contribution in [0.15, 0.2) is 82.6 Å². The minimum Gasteiger partial charge on any atom is -0.457 e. The summed E-state index contributed by atoms with van der Waals surface area (Å²) in [6.07, 6.45) is -4.46. The summed E-state index contributed by atoms with van der Waals surface area (Å²) in [5.74, 6) is -0.653. The standard InChI is InChI=1S/C22H14F3NO2S/c23-22(24,25)17-8-5-6-15(12-17)14-28-21(27)18-9-2-4-11-20(18)29-19-10-3-1-7-16(19)13-26/h1-12H,14H2. The Morgan fingerprint density at radius 3 is 2.38 bits per heavy atom. The molecule has 0 aliphatic heterocycles. The van der Waals surface area contributed by atoms with E-state index in [0.29, 0.717) is 15.4 Å². The second-order valence-corrected chi connectivity index (χ2v) is 7.06. The van der Waals surface area contributed by atoms with Gasteiger partial charge in [0.05, 0.1) is 16.7 Å². The lowest BCUT2D eigenvalue weighted by Crippen LogP contribution is -2.08. The number of alkyl halides is 3. The van der Waals surface area contributed by atoms with Crippen LogP contribution in [0, 0.1) is 11.3 Å². The zero-order chi connectivity index (χ0) is 20.9. The number of hydrogen-bond acceptors (Lipinski definition) is 4. The molecule has 0 aliphatic rings. The smallest absolute Gasteiger partial charge is 0.416 e. The molecule has 3 nitrogen and oxygen atoms in total. The van der Waals surface area contributed by atoms with Gasteiger partial charge in [0.15, 0.2) is 0 Å². The number of carbonyl (C=O) groups excluding carboxylic acids is 1. The van der Waals surface area contributed by atoms with Crippen LogP contribution in [0.2, 0.25) is 0 Å². The Morgan fingerprint density at radius 1 is 0.966 bits per heavy atom. The summed E-state index contributed by atoms with van der Waals surface area (Å²) in [6, 6.07) is 20.5. The maximum Gasteiger partial charge on any atom is 0.416 e. The Labute approximate surface area is 169 Å². The topological polar surface area (TPSA) is 50.1 Å². The highest BCUT2D eigenvalue weighted by atomic mass is 32.2. The number of benzene rings is 3. The van der Waals surface area contributed by atoms with Crippen LogP contribution in [0.4, 0.5) is 13.2 Å². The summed E-state index contributed by atoms with van der Waals surface area (Å²) >= 11 is 1.25. The van der Waals surface area contributed by atoms with Gasteiger partial charge in [0.2, 0.25) is 0 Å². The van der Waals surface area contributed by atoms with Crippen molar-refractivity contribution in [2.75, 3.05) is 0 Å². The number of carbonyl (C=O) groups is 1. The van der Waals surface area contributed by atoms with Gasteiger partial charge in [0.25, 0.3) is 0 Å². The van der Waals surface area contributed by atoms with Gasteiger partial charge in [-0.2, -0.15) is 18.4 Å². The van der Waals surface area contributed by atoms with Crippen molar-refractivity contribution >= 4 is 17.7 Å². The van der Waals surface area contributed by atoms with Crippen LogP contribution >= 0.6 is 11.8 Å². The van der Waals surface area contributed by atoms with Gasteiger partial charge in [-0.3, -0.25) is 0 Å². The quantitative estimate of drug-likeness (QED) is 0.475. The molecule has 0 bridgehead atoms. The molecule has 0 spiro atoms. The first-order chi connectivity index (χ1) is 13.9. The Morgan fingerprint density at radius 2 is 1.66 bits per heavy atom. The molecular weight excluding hydrogens is 399 g/mol. The van der Waals surface area contributed by atoms with Crippen LogP contribution in [-0.2, 0) is 17.5 Å². The van der Waals surface area contributed by atoms with Crippen molar-refractivity contribution < 1.29 is 22.7 Å². The first-order valence-electron chi connectivity index (χ1n) is 8.48. The molecule has 0 aliphatic carbocycles. The number of ether oxygens (including phenoxy) is 1. The summed E-state index contributed by atoms with van der Waals surface area (Å²) in [5, 5.41) is 9.23. The highest BCUT2D eigenvalue weighted by Gasteiger charge is 2.30. The fourth-order valence-corrected chi connectivity index (χ4v) is 3.57. The zero-order valence-corrected chi connectivity index (χ0v) is 15.8. The van der Waals surface area contributed by atoms with Gasteiger partial charge >= 0.3 is 12.1 Å². The molecule has 0 unspecified atom stereocenters. The van der Waals surface area contributed by atoms with Crippen molar-refractivity contribution in [3.05, 3.63) is 95.1 Å². The monoisotopic (exact) mass is 413 g/mol. The van der Waals surface area contributed by atoms with Crippen molar-refractivity contribution in [1.29, 1.82) is 5.26 Å². The summed E-state index contributed by atoms with van der Waals surface area (Å²) in [4.78, 5) is 13.8. The van der Waals surface area contributed by atoms with E-state index in [1.54, 1.807) is 48.5 Å². The van der Waals surface area contributed by atoms with Crippen LogP contribution in [0.3, 0.4) is 0 Å². The predicted molar refractivity (Wildman–Crippen MR) is 102 cm³/mol. The molecule has 0 heterocycles. The van der Waals surface area contributed by atoms with Crippen molar-refractivity contribution in [2.24, 2.45) is 0 Å². The van der Waals surface area contributed by atoms with Gasteiger partial charge in [-0.05, 0) is 42.0 Å². The summed E-state index contributed by atoms with van der Waals surface area (Å²) < 4.78 is 43.7. The normalized spacial score (nSPS) is 11.0. The molecule has 3 aromatic carbocycles. The fraction of sp³-hybridized carbons (Fsp3) is 0.0909. The highest BCUT2D eigenvalue weighted by molar-refractivity contribution is 7.99. The lowest BCUT2D eigenvalue weighted by molar-refractivity contribution is -0.137. The second kappa shape index (κ2) is 8.84. The van der Waals surface area contributed by atoms with E-state index in [-0.39, 0.29) is 17.7 Å². The lowest BCUT2D eigenvalue weighted by Gasteiger charge is -2.11. The minimum absolute atomic E-state index is 0.244. The van der Waals surface area contributed by atoms with E-state index in [1.807, 2.05) is 0 Å². The maximum atomic E-state index is 12.8. The van der Waals surface area contributed by atoms with Crippen molar-refractivity contribution in [1.82, 2.24) is 0 Å². The molecule has 0 atom stereocenters. The predicted octanol–water partition coefficient (Wildman–Crippen LogP) is 6.09. The number of halogens is 3. The summed E-state index contributed by atoms with van der Waals surface area (Å²) in [5.41, 5.74) is 0.199. The SMILES string of the molecule is N#Cc1ccccc1Sc1ccccc1C(=O)OCc1cccc(C(F)(F)F)c1. The number of rotatable bonds is 5. The zero-order valence-electron chi connectivity index (χ0n) is 14.9. The largest absolute Gasteiger partial charge is 0.457 e. The average Bonchev–Trinajstić information content (AvgIpc) is 2.72. The molecule has 0 N–H and O–H groups in total. The molecule has 0 saturated carbocycles. The number of esters is 1. The van der Waals surface area contributed by atoms with E-state index in [2.05, 4.69) is 6.07 Å². The lowest BCUT2D eigenvalue weighted by atomic mass is 10.1. The van der Waals surface area contributed by atoms with Gasteiger partial charge in [-0.1, -0.05) is 48.2 Å². The highest BCUT2D eigenvalue weighted by Crippen LogP contribution is 2.33. The number of nitriles is 1. The molecule has 7 heteroatoms. The van der Waals surface area contributed by atoms with Crippen LogP contribution in [0.5, 0.6) is 0 Å². The fourth-order valence-electron chi connectivity index (χ4n) is 2.55.